The highest BCUT2D eigenvalue weighted by molar-refractivity contribution is 7.89. The SMILES string of the molecule is CC(C)NS(=O)(=O)c1ccc(NC(=O)C(C)OC(=O)c2cc3ccccc3[nH]2)cc1. The number of aromatic nitrogens is 1. The fraction of sp³-hybridized carbons (Fsp3) is 0.238. The van der Waals surface area contributed by atoms with Crippen LogP contribution in [0.1, 0.15) is 31.3 Å². The van der Waals surface area contributed by atoms with Gasteiger partial charge < -0.3 is 15.0 Å². The van der Waals surface area contributed by atoms with Gasteiger partial charge in [0.25, 0.3) is 5.91 Å². The first kappa shape index (κ1) is 21.5. The number of aromatic amines is 1. The number of sulfonamides is 1. The molecule has 158 valence electrons. The van der Waals surface area contributed by atoms with Crippen LogP contribution >= 0.6 is 0 Å². The Bertz CT molecular complexity index is 1130. The van der Waals surface area contributed by atoms with E-state index in [0.29, 0.717) is 5.69 Å². The van der Waals surface area contributed by atoms with E-state index in [1.54, 1.807) is 19.9 Å². The van der Waals surface area contributed by atoms with Gasteiger partial charge in [-0.1, -0.05) is 18.2 Å². The third-order valence-electron chi connectivity index (χ3n) is 4.23. The lowest BCUT2D eigenvalue weighted by Gasteiger charge is -2.14. The van der Waals surface area contributed by atoms with Gasteiger partial charge >= 0.3 is 5.97 Å². The quantitative estimate of drug-likeness (QED) is 0.499. The largest absolute Gasteiger partial charge is 0.448 e. The van der Waals surface area contributed by atoms with Crippen molar-refractivity contribution >= 4 is 38.5 Å². The number of para-hydroxylation sites is 1. The van der Waals surface area contributed by atoms with Gasteiger partial charge in [-0.15, -0.1) is 0 Å². The standard InChI is InChI=1S/C21H23N3O5S/c1-13(2)24-30(27,28)17-10-8-16(9-11-17)22-20(25)14(3)29-21(26)19-12-15-6-4-5-7-18(15)23-19/h4-14,23-24H,1-3H3,(H,22,25). The maximum Gasteiger partial charge on any atom is 0.355 e. The molecule has 0 radical (unpaired) electrons. The maximum atomic E-state index is 12.3. The van der Waals surface area contributed by atoms with Crippen LogP contribution in [0.5, 0.6) is 0 Å². The van der Waals surface area contributed by atoms with Crippen LogP contribution in [0.25, 0.3) is 10.9 Å². The number of esters is 1. The van der Waals surface area contributed by atoms with Gasteiger partial charge in [0, 0.05) is 22.6 Å². The van der Waals surface area contributed by atoms with Gasteiger partial charge in [0.15, 0.2) is 6.10 Å². The molecule has 0 aliphatic carbocycles. The van der Waals surface area contributed by atoms with E-state index in [1.165, 1.54) is 31.2 Å². The smallest absolute Gasteiger partial charge is 0.355 e. The van der Waals surface area contributed by atoms with Gasteiger partial charge in [0.1, 0.15) is 5.69 Å². The Morgan fingerprint density at radius 3 is 2.30 bits per heavy atom. The van der Waals surface area contributed by atoms with Crippen molar-refractivity contribution in [1.82, 2.24) is 9.71 Å². The lowest BCUT2D eigenvalue weighted by Crippen LogP contribution is -2.30. The highest BCUT2D eigenvalue weighted by atomic mass is 32.2. The Morgan fingerprint density at radius 2 is 1.67 bits per heavy atom. The number of anilines is 1. The normalized spacial score (nSPS) is 12.7. The van der Waals surface area contributed by atoms with Crippen LogP contribution < -0.4 is 10.0 Å². The fourth-order valence-electron chi connectivity index (χ4n) is 2.80. The van der Waals surface area contributed by atoms with Crippen molar-refractivity contribution in [3.05, 3.63) is 60.3 Å². The number of rotatable bonds is 7. The third-order valence-corrected chi connectivity index (χ3v) is 5.90. The molecule has 8 nitrogen and oxygen atoms in total. The van der Waals surface area contributed by atoms with E-state index in [4.69, 9.17) is 4.74 Å². The highest BCUT2D eigenvalue weighted by Gasteiger charge is 2.21. The summed E-state index contributed by atoms with van der Waals surface area (Å²) in [5.41, 5.74) is 1.43. The predicted molar refractivity (Wildman–Crippen MR) is 114 cm³/mol. The molecular formula is C21H23N3O5S. The van der Waals surface area contributed by atoms with Crippen LogP contribution in [0.4, 0.5) is 5.69 Å². The molecule has 0 fully saturated rings. The summed E-state index contributed by atoms with van der Waals surface area (Å²) in [6.45, 7) is 4.91. The highest BCUT2D eigenvalue weighted by Crippen LogP contribution is 2.17. The molecule has 1 aromatic heterocycles. The third kappa shape index (κ3) is 5.05. The Hall–Kier alpha value is -3.17. The molecule has 0 saturated heterocycles. The Balaban J connectivity index is 1.61. The second kappa shape index (κ2) is 8.68. The lowest BCUT2D eigenvalue weighted by atomic mass is 10.2. The number of fused-ring (bicyclic) bond motifs is 1. The molecule has 2 aromatic carbocycles. The topological polar surface area (TPSA) is 117 Å². The minimum atomic E-state index is -3.61. The van der Waals surface area contributed by atoms with Crippen molar-refractivity contribution in [3.8, 4) is 0 Å². The molecule has 0 bridgehead atoms. The summed E-state index contributed by atoms with van der Waals surface area (Å²) in [4.78, 5) is 27.7. The van der Waals surface area contributed by atoms with Crippen LogP contribution in [-0.4, -0.2) is 37.4 Å². The zero-order chi connectivity index (χ0) is 21.9. The number of hydrogen-bond acceptors (Lipinski definition) is 5. The molecule has 0 spiro atoms. The van der Waals surface area contributed by atoms with Crippen molar-refractivity contribution in [3.63, 3.8) is 0 Å². The van der Waals surface area contributed by atoms with E-state index in [1.807, 2.05) is 24.3 Å². The first-order chi connectivity index (χ1) is 14.2. The van der Waals surface area contributed by atoms with Crippen LogP contribution in [0.3, 0.4) is 0 Å². The number of carbonyl (C=O) groups is 2. The summed E-state index contributed by atoms with van der Waals surface area (Å²) in [5, 5.41) is 3.47. The number of ether oxygens (including phenoxy) is 1. The zero-order valence-electron chi connectivity index (χ0n) is 16.8. The zero-order valence-corrected chi connectivity index (χ0v) is 17.6. The number of hydrogen-bond donors (Lipinski definition) is 3. The Labute approximate surface area is 174 Å². The van der Waals surface area contributed by atoms with Gasteiger partial charge in [0.05, 0.1) is 4.90 Å². The number of carbonyl (C=O) groups excluding carboxylic acids is 2. The van der Waals surface area contributed by atoms with Gasteiger partial charge in [-0.2, -0.15) is 0 Å². The van der Waals surface area contributed by atoms with Crippen LogP contribution in [-0.2, 0) is 19.6 Å². The number of nitrogens with one attached hydrogen (secondary N) is 3. The molecule has 1 atom stereocenters. The van der Waals surface area contributed by atoms with Crippen molar-refractivity contribution in [2.24, 2.45) is 0 Å². The molecule has 3 aromatic rings. The van der Waals surface area contributed by atoms with Crippen LogP contribution in [0, 0.1) is 0 Å². The summed E-state index contributed by atoms with van der Waals surface area (Å²) < 4.78 is 32.0. The maximum absolute atomic E-state index is 12.3. The number of benzene rings is 2. The minimum Gasteiger partial charge on any atom is -0.448 e. The summed E-state index contributed by atoms with van der Waals surface area (Å²) >= 11 is 0. The summed E-state index contributed by atoms with van der Waals surface area (Å²) in [6.07, 6.45) is -1.05. The molecule has 3 rings (SSSR count). The monoisotopic (exact) mass is 429 g/mol. The van der Waals surface area contributed by atoms with Crippen molar-refractivity contribution in [1.29, 1.82) is 0 Å². The van der Waals surface area contributed by atoms with Crippen molar-refractivity contribution < 1.29 is 22.7 Å². The minimum absolute atomic E-state index is 0.0903. The van der Waals surface area contributed by atoms with E-state index < -0.39 is 28.0 Å². The predicted octanol–water partition coefficient (Wildman–Crippen LogP) is 3.04. The van der Waals surface area contributed by atoms with Gasteiger partial charge in [0.2, 0.25) is 10.0 Å². The number of amides is 1. The van der Waals surface area contributed by atoms with E-state index in [-0.39, 0.29) is 16.6 Å². The van der Waals surface area contributed by atoms with Gasteiger partial charge in [-0.3, -0.25) is 4.79 Å². The molecule has 3 N–H and O–H groups in total. The van der Waals surface area contributed by atoms with E-state index in [2.05, 4.69) is 15.0 Å². The molecule has 1 unspecified atom stereocenters. The second-order valence-corrected chi connectivity index (χ2v) is 8.82. The number of H-pyrrole nitrogens is 1. The van der Waals surface area contributed by atoms with Gasteiger partial charge in [-0.25, -0.2) is 17.9 Å². The molecular weight excluding hydrogens is 406 g/mol. The summed E-state index contributed by atoms with van der Waals surface area (Å²) in [7, 11) is -3.61. The molecule has 0 saturated carbocycles. The van der Waals surface area contributed by atoms with E-state index in [0.717, 1.165) is 10.9 Å². The second-order valence-electron chi connectivity index (χ2n) is 7.11. The van der Waals surface area contributed by atoms with Gasteiger partial charge in [-0.05, 0) is 57.2 Å². The molecule has 1 amide bonds. The first-order valence-corrected chi connectivity index (χ1v) is 10.9. The average molecular weight is 429 g/mol. The Kier molecular flexibility index (Phi) is 6.23. The molecule has 0 aliphatic rings. The lowest BCUT2D eigenvalue weighted by molar-refractivity contribution is -0.123. The van der Waals surface area contributed by atoms with E-state index >= 15 is 0 Å². The molecule has 1 heterocycles. The summed E-state index contributed by atoms with van der Waals surface area (Å²) in [6, 6.07) is 14.5. The first-order valence-electron chi connectivity index (χ1n) is 9.38. The molecule has 9 heteroatoms. The van der Waals surface area contributed by atoms with E-state index in [9.17, 15) is 18.0 Å². The van der Waals surface area contributed by atoms with Crippen LogP contribution in [0.2, 0.25) is 0 Å². The fourth-order valence-corrected chi connectivity index (χ4v) is 4.05. The summed E-state index contributed by atoms with van der Waals surface area (Å²) in [5.74, 6) is -1.18. The van der Waals surface area contributed by atoms with Crippen LogP contribution in [0.15, 0.2) is 59.5 Å². The molecule has 30 heavy (non-hydrogen) atoms. The molecule has 0 aliphatic heterocycles. The van der Waals surface area contributed by atoms with Crippen molar-refractivity contribution in [2.75, 3.05) is 5.32 Å². The average Bonchev–Trinajstić information content (AvgIpc) is 3.11. The Morgan fingerprint density at radius 1 is 1.00 bits per heavy atom. The van der Waals surface area contributed by atoms with Crippen molar-refractivity contribution in [2.45, 2.75) is 37.8 Å².